The molecule has 0 unspecified atom stereocenters. The first-order valence-corrected chi connectivity index (χ1v) is 11.0. The smallest absolute Gasteiger partial charge is 0.323 e. The Morgan fingerprint density at radius 1 is 1.17 bits per heavy atom. The van der Waals surface area contributed by atoms with Crippen molar-refractivity contribution in [1.82, 2.24) is 9.55 Å². The molecule has 4 rings (SSSR count). The third kappa shape index (κ3) is 3.26. The molecule has 0 radical (unpaired) electrons. The molecule has 0 spiro atoms. The van der Waals surface area contributed by atoms with Gasteiger partial charge in [-0.3, -0.25) is 9.78 Å². The van der Waals surface area contributed by atoms with Crippen LogP contribution in [0.15, 0.2) is 53.6 Å². The summed E-state index contributed by atoms with van der Waals surface area (Å²) >= 11 is 6.31. The number of hydrogen-bond donors (Lipinski definition) is 1. The molecule has 148 valence electrons. The van der Waals surface area contributed by atoms with E-state index in [-0.39, 0.29) is 11.4 Å². The number of aliphatic carboxylic acids is 1. The predicted octanol–water partition coefficient (Wildman–Crippen LogP) is 4.31. The van der Waals surface area contributed by atoms with Gasteiger partial charge in [-0.25, -0.2) is 8.42 Å². The molecule has 0 fully saturated rings. The van der Waals surface area contributed by atoms with Gasteiger partial charge in [-0.2, -0.15) is 0 Å². The van der Waals surface area contributed by atoms with Crippen molar-refractivity contribution in [2.75, 3.05) is 6.26 Å². The molecule has 1 N–H and O–H groups in total. The normalized spacial score (nSPS) is 12.0. The van der Waals surface area contributed by atoms with Crippen molar-refractivity contribution in [3.63, 3.8) is 0 Å². The summed E-state index contributed by atoms with van der Waals surface area (Å²) in [6.45, 7) is 1.60. The monoisotopic (exact) mass is 428 g/mol. The van der Waals surface area contributed by atoms with E-state index in [1.807, 2.05) is 25.1 Å². The predicted molar refractivity (Wildman–Crippen MR) is 113 cm³/mol. The minimum atomic E-state index is -3.43. The first-order chi connectivity index (χ1) is 13.7. The molecule has 0 amide bonds. The number of carboxylic acids is 1. The van der Waals surface area contributed by atoms with Crippen LogP contribution in [0.1, 0.15) is 5.69 Å². The number of halogens is 1. The number of sulfone groups is 1. The second-order valence-electron chi connectivity index (χ2n) is 6.89. The second-order valence-corrected chi connectivity index (χ2v) is 9.31. The van der Waals surface area contributed by atoms with Crippen LogP contribution in [0.4, 0.5) is 0 Å². The van der Waals surface area contributed by atoms with Crippen molar-refractivity contribution in [3.8, 4) is 11.1 Å². The lowest BCUT2D eigenvalue weighted by Gasteiger charge is -2.09. The Hall–Kier alpha value is -2.90. The largest absolute Gasteiger partial charge is 0.480 e. The van der Waals surface area contributed by atoms with Gasteiger partial charge < -0.3 is 9.67 Å². The fourth-order valence-corrected chi connectivity index (χ4v) is 4.60. The zero-order valence-electron chi connectivity index (χ0n) is 15.7. The summed E-state index contributed by atoms with van der Waals surface area (Å²) in [6.07, 6.45) is 2.79. The van der Waals surface area contributed by atoms with Gasteiger partial charge in [-0.15, -0.1) is 0 Å². The summed E-state index contributed by atoms with van der Waals surface area (Å²) in [6, 6.07) is 12.1. The number of pyridine rings is 1. The number of aromatic nitrogens is 2. The standard InChI is InChI=1S/C21H17ClN2O4S/c1-12-20(14-8-9-23-21-15(14)4-3-5-17(21)22)16-10-13(29(2,27)28)6-7-18(16)24(12)11-19(25)26/h3-10H,11H2,1-2H3,(H,25,26). The van der Waals surface area contributed by atoms with E-state index in [0.29, 0.717) is 21.4 Å². The van der Waals surface area contributed by atoms with E-state index in [1.165, 1.54) is 6.07 Å². The van der Waals surface area contributed by atoms with Gasteiger partial charge in [0.25, 0.3) is 0 Å². The Labute approximate surface area is 172 Å². The number of carboxylic acid groups (broad SMARTS) is 1. The quantitative estimate of drug-likeness (QED) is 0.523. The van der Waals surface area contributed by atoms with E-state index in [0.717, 1.165) is 28.5 Å². The topological polar surface area (TPSA) is 89.3 Å². The Morgan fingerprint density at radius 3 is 2.62 bits per heavy atom. The highest BCUT2D eigenvalue weighted by molar-refractivity contribution is 7.90. The van der Waals surface area contributed by atoms with Crippen LogP contribution in [0, 0.1) is 6.92 Å². The maximum Gasteiger partial charge on any atom is 0.323 e. The highest BCUT2D eigenvalue weighted by Gasteiger charge is 2.21. The maximum absolute atomic E-state index is 12.1. The maximum atomic E-state index is 12.1. The molecule has 2 aromatic heterocycles. The van der Waals surface area contributed by atoms with Gasteiger partial charge in [0.2, 0.25) is 0 Å². The summed E-state index contributed by atoms with van der Waals surface area (Å²) in [4.78, 5) is 16.0. The molecule has 0 aliphatic heterocycles. The lowest BCUT2D eigenvalue weighted by molar-refractivity contribution is -0.137. The molecule has 8 heteroatoms. The summed E-state index contributed by atoms with van der Waals surface area (Å²) in [5.41, 5.74) is 3.58. The average molecular weight is 429 g/mol. The molecule has 6 nitrogen and oxygen atoms in total. The highest BCUT2D eigenvalue weighted by Crippen LogP contribution is 2.39. The first-order valence-electron chi connectivity index (χ1n) is 8.77. The Morgan fingerprint density at radius 2 is 1.93 bits per heavy atom. The van der Waals surface area contributed by atoms with E-state index in [1.54, 1.807) is 29.0 Å². The lowest BCUT2D eigenvalue weighted by atomic mass is 9.98. The third-order valence-corrected chi connectivity index (χ3v) is 6.42. The van der Waals surface area contributed by atoms with Gasteiger partial charge in [-0.05, 0) is 42.8 Å². The molecule has 0 saturated heterocycles. The van der Waals surface area contributed by atoms with E-state index in [2.05, 4.69) is 4.98 Å². The minimum Gasteiger partial charge on any atom is -0.480 e. The summed E-state index contributed by atoms with van der Waals surface area (Å²) in [5.74, 6) is -0.980. The van der Waals surface area contributed by atoms with Crippen LogP contribution >= 0.6 is 11.6 Å². The van der Waals surface area contributed by atoms with Crippen molar-refractivity contribution < 1.29 is 18.3 Å². The van der Waals surface area contributed by atoms with Crippen LogP contribution in [0.3, 0.4) is 0 Å². The molecule has 0 bridgehead atoms. The Kier molecular flexibility index (Phi) is 4.59. The molecule has 29 heavy (non-hydrogen) atoms. The molecular weight excluding hydrogens is 412 g/mol. The molecular formula is C21H17ClN2O4S. The van der Waals surface area contributed by atoms with Gasteiger partial charge in [0.15, 0.2) is 9.84 Å². The zero-order chi connectivity index (χ0) is 20.9. The fraction of sp³-hybridized carbons (Fsp3) is 0.143. The molecule has 2 aromatic carbocycles. The Bertz CT molecular complexity index is 1410. The van der Waals surface area contributed by atoms with Gasteiger partial charge in [0.1, 0.15) is 6.54 Å². The van der Waals surface area contributed by atoms with Gasteiger partial charge in [0, 0.05) is 40.0 Å². The summed E-state index contributed by atoms with van der Waals surface area (Å²) in [5, 5.41) is 11.4. The SMILES string of the molecule is Cc1c(-c2ccnc3c(Cl)cccc23)c2cc(S(C)(=O)=O)ccc2n1CC(=O)O. The molecule has 0 atom stereocenters. The second kappa shape index (κ2) is 6.86. The molecule has 4 aromatic rings. The number of para-hydroxylation sites is 1. The number of carbonyl (C=O) groups is 1. The van der Waals surface area contributed by atoms with Crippen molar-refractivity contribution in [1.29, 1.82) is 0 Å². The number of fused-ring (bicyclic) bond motifs is 2. The summed E-state index contributed by atoms with van der Waals surface area (Å²) in [7, 11) is -3.43. The average Bonchev–Trinajstić information content (AvgIpc) is 2.92. The van der Waals surface area contributed by atoms with Crippen LogP contribution in [0.2, 0.25) is 5.02 Å². The lowest BCUT2D eigenvalue weighted by Crippen LogP contribution is -2.10. The van der Waals surface area contributed by atoms with Gasteiger partial charge >= 0.3 is 5.97 Å². The molecule has 0 aliphatic rings. The first kappa shape index (κ1) is 19.4. The highest BCUT2D eigenvalue weighted by atomic mass is 35.5. The van der Waals surface area contributed by atoms with E-state index < -0.39 is 15.8 Å². The fourth-order valence-electron chi connectivity index (χ4n) is 3.73. The van der Waals surface area contributed by atoms with Crippen LogP contribution in [-0.4, -0.2) is 35.3 Å². The van der Waals surface area contributed by atoms with Crippen LogP contribution in [0.5, 0.6) is 0 Å². The van der Waals surface area contributed by atoms with Crippen LogP contribution < -0.4 is 0 Å². The van der Waals surface area contributed by atoms with E-state index in [9.17, 15) is 18.3 Å². The number of benzene rings is 2. The Balaban J connectivity index is 2.15. The molecule has 2 heterocycles. The minimum absolute atomic E-state index is 0.176. The van der Waals surface area contributed by atoms with Gasteiger partial charge in [-0.1, -0.05) is 23.7 Å². The number of nitrogens with zero attached hydrogens (tertiary/aromatic N) is 2. The third-order valence-electron chi connectivity index (χ3n) is 5.01. The number of hydrogen-bond acceptors (Lipinski definition) is 4. The van der Waals surface area contributed by atoms with Crippen molar-refractivity contribution >= 4 is 49.2 Å². The van der Waals surface area contributed by atoms with Gasteiger partial charge in [0.05, 0.1) is 15.4 Å². The molecule has 0 aliphatic carbocycles. The van der Waals surface area contributed by atoms with E-state index >= 15 is 0 Å². The van der Waals surface area contributed by atoms with Crippen molar-refractivity contribution in [2.24, 2.45) is 0 Å². The summed E-state index contributed by atoms with van der Waals surface area (Å²) < 4.78 is 25.9. The van der Waals surface area contributed by atoms with Crippen LogP contribution in [0.25, 0.3) is 32.9 Å². The van der Waals surface area contributed by atoms with Crippen LogP contribution in [-0.2, 0) is 21.2 Å². The zero-order valence-corrected chi connectivity index (χ0v) is 17.3. The number of rotatable bonds is 4. The van der Waals surface area contributed by atoms with Crippen molar-refractivity contribution in [2.45, 2.75) is 18.4 Å². The van der Waals surface area contributed by atoms with E-state index in [4.69, 9.17) is 11.6 Å². The molecule has 0 saturated carbocycles. The van der Waals surface area contributed by atoms with Crippen molar-refractivity contribution in [3.05, 3.63) is 59.4 Å².